The number of hydrogen-bond acceptors (Lipinski definition) is 3. The highest BCUT2D eigenvalue weighted by Gasteiger charge is 2.22. The first-order valence-electron chi connectivity index (χ1n) is 9.10. The lowest BCUT2D eigenvalue weighted by molar-refractivity contribution is 0.112. The average molecular weight is 360 g/mol. The van der Waals surface area contributed by atoms with E-state index in [2.05, 4.69) is 26.1 Å². The van der Waals surface area contributed by atoms with Crippen molar-refractivity contribution in [1.82, 2.24) is 0 Å². The summed E-state index contributed by atoms with van der Waals surface area (Å²) in [6.45, 7) is 10.1. The molecule has 0 fully saturated rings. The molecule has 3 heteroatoms. The van der Waals surface area contributed by atoms with Crippen LogP contribution in [0.1, 0.15) is 44.6 Å². The second-order valence-electron chi connectivity index (χ2n) is 6.68. The normalized spacial score (nSPS) is 13.1. The van der Waals surface area contributed by atoms with E-state index in [-0.39, 0.29) is 5.75 Å². The number of allylic oxidation sites excluding steroid dienone is 4. The molecule has 3 nitrogen and oxygen atoms in total. The molecule has 2 aromatic carbocycles. The predicted molar refractivity (Wildman–Crippen MR) is 109 cm³/mol. The monoisotopic (exact) mass is 360 g/mol. The fraction of sp³-hybridized carbons (Fsp3) is 0.208. The van der Waals surface area contributed by atoms with Crippen molar-refractivity contribution < 1.29 is 14.6 Å². The Morgan fingerprint density at radius 2 is 2.04 bits per heavy atom. The Kier molecular flexibility index (Phi) is 5.60. The molecule has 0 saturated carbocycles. The van der Waals surface area contributed by atoms with Gasteiger partial charge in [0.1, 0.15) is 18.1 Å². The van der Waals surface area contributed by atoms with Crippen LogP contribution in [-0.2, 0) is 19.4 Å². The highest BCUT2D eigenvalue weighted by molar-refractivity contribution is 5.83. The quantitative estimate of drug-likeness (QED) is 0.536. The molecule has 2 aromatic rings. The maximum Gasteiger partial charge on any atom is 0.154 e. The first-order valence-corrected chi connectivity index (χ1v) is 9.10. The summed E-state index contributed by atoms with van der Waals surface area (Å²) in [4.78, 5) is 11.3. The molecule has 1 N–H and O–H groups in total. The van der Waals surface area contributed by atoms with Gasteiger partial charge in [0.25, 0.3) is 0 Å². The van der Waals surface area contributed by atoms with Gasteiger partial charge in [-0.3, -0.25) is 4.79 Å². The molecule has 0 aromatic heterocycles. The number of carbonyl (C=O) groups is 1. The number of aromatic hydroxyl groups is 1. The maximum atomic E-state index is 11.3. The maximum absolute atomic E-state index is 11.3. The SMILES string of the molecule is C=C/C=C(\C=C)c1cccc(COc2cc(O)c(C=O)c3c2CCC3)c1C. The Labute approximate surface area is 160 Å². The van der Waals surface area contributed by atoms with Gasteiger partial charge in [0, 0.05) is 6.07 Å². The number of benzene rings is 2. The molecule has 0 atom stereocenters. The molecule has 0 bridgehead atoms. The van der Waals surface area contributed by atoms with E-state index < -0.39 is 0 Å². The molecule has 0 aliphatic heterocycles. The van der Waals surface area contributed by atoms with Gasteiger partial charge in [0.15, 0.2) is 6.29 Å². The average Bonchev–Trinajstić information content (AvgIpc) is 3.15. The highest BCUT2D eigenvalue weighted by Crippen LogP contribution is 2.38. The van der Waals surface area contributed by atoms with E-state index in [0.717, 1.165) is 58.9 Å². The molecule has 0 spiro atoms. The van der Waals surface area contributed by atoms with Crippen LogP contribution in [0.4, 0.5) is 0 Å². The van der Waals surface area contributed by atoms with Gasteiger partial charge in [-0.25, -0.2) is 0 Å². The van der Waals surface area contributed by atoms with Crippen molar-refractivity contribution in [1.29, 1.82) is 0 Å². The number of rotatable bonds is 7. The molecule has 0 saturated heterocycles. The van der Waals surface area contributed by atoms with Gasteiger partial charge in [-0.05, 0) is 59.6 Å². The number of carbonyl (C=O) groups excluding carboxylic acids is 1. The predicted octanol–water partition coefficient (Wildman–Crippen LogP) is 5.34. The summed E-state index contributed by atoms with van der Waals surface area (Å²) < 4.78 is 6.08. The van der Waals surface area contributed by atoms with Crippen molar-refractivity contribution in [2.75, 3.05) is 0 Å². The summed E-state index contributed by atoms with van der Waals surface area (Å²) in [7, 11) is 0. The van der Waals surface area contributed by atoms with E-state index in [0.29, 0.717) is 17.9 Å². The van der Waals surface area contributed by atoms with Gasteiger partial charge in [-0.15, -0.1) is 0 Å². The zero-order valence-corrected chi connectivity index (χ0v) is 15.6. The second kappa shape index (κ2) is 8.09. The fourth-order valence-electron chi connectivity index (χ4n) is 3.72. The van der Waals surface area contributed by atoms with E-state index in [1.807, 2.05) is 24.3 Å². The van der Waals surface area contributed by atoms with E-state index >= 15 is 0 Å². The molecular formula is C24H24O3. The van der Waals surface area contributed by atoms with Crippen molar-refractivity contribution in [3.63, 3.8) is 0 Å². The molecule has 0 unspecified atom stereocenters. The van der Waals surface area contributed by atoms with Gasteiger partial charge in [0.2, 0.25) is 0 Å². The van der Waals surface area contributed by atoms with Crippen molar-refractivity contribution in [2.24, 2.45) is 0 Å². The Bertz CT molecular complexity index is 935. The molecule has 138 valence electrons. The van der Waals surface area contributed by atoms with Crippen LogP contribution in [0.3, 0.4) is 0 Å². The Balaban J connectivity index is 1.91. The van der Waals surface area contributed by atoms with E-state index in [4.69, 9.17) is 4.74 Å². The lowest BCUT2D eigenvalue weighted by atomic mass is 9.96. The Morgan fingerprint density at radius 3 is 2.74 bits per heavy atom. The van der Waals surface area contributed by atoms with Gasteiger partial charge >= 0.3 is 0 Å². The van der Waals surface area contributed by atoms with Crippen LogP contribution in [0.15, 0.2) is 55.7 Å². The zero-order chi connectivity index (χ0) is 19.4. The number of aldehydes is 1. The molecule has 1 aliphatic rings. The number of hydrogen-bond donors (Lipinski definition) is 1. The lowest BCUT2D eigenvalue weighted by Crippen LogP contribution is -2.03. The fourth-order valence-corrected chi connectivity index (χ4v) is 3.72. The van der Waals surface area contributed by atoms with E-state index in [9.17, 15) is 9.90 Å². The van der Waals surface area contributed by atoms with Crippen molar-refractivity contribution in [2.45, 2.75) is 32.8 Å². The largest absolute Gasteiger partial charge is 0.507 e. The smallest absolute Gasteiger partial charge is 0.154 e. The molecule has 27 heavy (non-hydrogen) atoms. The van der Waals surface area contributed by atoms with Crippen LogP contribution in [0.25, 0.3) is 5.57 Å². The Hall–Kier alpha value is -3.07. The summed E-state index contributed by atoms with van der Waals surface area (Å²) >= 11 is 0. The Morgan fingerprint density at radius 1 is 1.26 bits per heavy atom. The first kappa shape index (κ1) is 18.7. The summed E-state index contributed by atoms with van der Waals surface area (Å²) in [5.74, 6) is 0.662. The number of phenolic OH excluding ortho intramolecular Hbond substituents is 1. The minimum atomic E-state index is -0.00557. The van der Waals surface area contributed by atoms with Crippen molar-refractivity contribution in [3.8, 4) is 11.5 Å². The molecule has 0 radical (unpaired) electrons. The molecule has 1 aliphatic carbocycles. The zero-order valence-electron chi connectivity index (χ0n) is 15.6. The molecule has 0 amide bonds. The molecule has 3 rings (SSSR count). The van der Waals surface area contributed by atoms with Crippen LogP contribution in [0.2, 0.25) is 0 Å². The summed E-state index contributed by atoms with van der Waals surface area (Å²) in [5, 5.41) is 10.2. The third kappa shape index (κ3) is 3.59. The minimum absolute atomic E-state index is 0.00557. The van der Waals surface area contributed by atoms with E-state index in [1.165, 1.54) is 0 Å². The van der Waals surface area contributed by atoms with Gasteiger partial charge in [-0.1, -0.05) is 49.6 Å². The summed E-state index contributed by atoms with van der Waals surface area (Å²) in [6, 6.07) is 7.66. The van der Waals surface area contributed by atoms with Crippen LogP contribution in [-0.4, -0.2) is 11.4 Å². The van der Waals surface area contributed by atoms with Gasteiger partial charge in [0.05, 0.1) is 5.56 Å². The summed E-state index contributed by atoms with van der Waals surface area (Å²) in [5.41, 5.74) is 6.66. The number of phenols is 1. The van der Waals surface area contributed by atoms with Crippen molar-refractivity contribution in [3.05, 3.63) is 89.0 Å². The van der Waals surface area contributed by atoms with Crippen LogP contribution >= 0.6 is 0 Å². The third-order valence-corrected chi connectivity index (χ3v) is 5.16. The highest BCUT2D eigenvalue weighted by atomic mass is 16.5. The summed E-state index contributed by atoms with van der Waals surface area (Å²) in [6.07, 6.45) is 8.88. The first-order chi connectivity index (χ1) is 13.1. The van der Waals surface area contributed by atoms with Gasteiger partial charge < -0.3 is 9.84 Å². The van der Waals surface area contributed by atoms with Crippen LogP contribution < -0.4 is 4.74 Å². The lowest BCUT2D eigenvalue weighted by Gasteiger charge is -2.16. The van der Waals surface area contributed by atoms with Crippen molar-refractivity contribution >= 4 is 11.9 Å². The number of fused-ring (bicyclic) bond motifs is 1. The molecule has 0 heterocycles. The van der Waals surface area contributed by atoms with Crippen LogP contribution in [0.5, 0.6) is 11.5 Å². The topological polar surface area (TPSA) is 46.5 Å². The minimum Gasteiger partial charge on any atom is -0.507 e. The standard InChI is InChI=1S/C24H24O3/c1-4-8-17(5-2)19-10-6-9-18(16(19)3)15-27-24-13-23(26)22(14-25)20-11-7-12-21(20)24/h4-6,8-10,13-14,26H,1-2,7,11-12,15H2,3H3/b17-8+. The van der Waals surface area contributed by atoms with Gasteiger partial charge in [-0.2, -0.15) is 0 Å². The second-order valence-corrected chi connectivity index (χ2v) is 6.68. The molecular weight excluding hydrogens is 336 g/mol. The van der Waals surface area contributed by atoms with Crippen LogP contribution in [0, 0.1) is 6.92 Å². The number of ether oxygens (including phenoxy) is 1. The van der Waals surface area contributed by atoms with E-state index in [1.54, 1.807) is 12.1 Å². The third-order valence-electron chi connectivity index (χ3n) is 5.16.